The number of benzene rings is 1. The minimum Gasteiger partial charge on any atom is -0.491 e. The second-order valence-corrected chi connectivity index (χ2v) is 8.73. The molecule has 0 bridgehead atoms. The van der Waals surface area contributed by atoms with Gasteiger partial charge in [0.25, 0.3) is 0 Å². The lowest BCUT2D eigenvalue weighted by Gasteiger charge is -2.25. The predicted molar refractivity (Wildman–Crippen MR) is 97.6 cm³/mol. The summed E-state index contributed by atoms with van der Waals surface area (Å²) in [6.45, 7) is 5.98. The molecule has 0 amide bonds. The first-order valence-corrected chi connectivity index (χ1v) is 10.3. The maximum atomic E-state index is 12.0. The van der Waals surface area contributed by atoms with Gasteiger partial charge in [-0.05, 0) is 24.5 Å². The van der Waals surface area contributed by atoms with Gasteiger partial charge in [-0.2, -0.15) is 0 Å². The van der Waals surface area contributed by atoms with E-state index in [1.54, 1.807) is 6.20 Å². The molecule has 1 saturated heterocycles. The minimum absolute atomic E-state index is 0.111. The average Bonchev–Trinajstić information content (AvgIpc) is 2.69. The van der Waals surface area contributed by atoms with Crippen molar-refractivity contribution in [3.05, 3.63) is 30.5 Å². The molecule has 0 aliphatic carbocycles. The largest absolute Gasteiger partial charge is 0.491 e. The minimum atomic E-state index is -2.96. The molecule has 0 spiro atoms. The smallest absolute Gasteiger partial charge is 0.152 e. The highest BCUT2D eigenvalue weighted by molar-refractivity contribution is 7.91. The fourth-order valence-electron chi connectivity index (χ4n) is 3.24. The summed E-state index contributed by atoms with van der Waals surface area (Å²) in [5.74, 6) is 1.36. The first-order chi connectivity index (χ1) is 11.5. The van der Waals surface area contributed by atoms with Gasteiger partial charge >= 0.3 is 0 Å². The van der Waals surface area contributed by atoms with Crippen LogP contribution in [0.2, 0.25) is 0 Å². The molecule has 1 aliphatic heterocycles. The van der Waals surface area contributed by atoms with Gasteiger partial charge in [0.15, 0.2) is 9.84 Å². The molecule has 130 valence electrons. The van der Waals surface area contributed by atoms with Crippen molar-refractivity contribution in [1.29, 1.82) is 0 Å². The molecule has 6 heteroatoms. The zero-order valence-corrected chi connectivity index (χ0v) is 15.1. The molecule has 1 fully saturated rings. The molecule has 0 unspecified atom stereocenters. The molecule has 0 radical (unpaired) electrons. The van der Waals surface area contributed by atoms with E-state index in [0.717, 1.165) is 35.3 Å². The number of para-hydroxylation sites is 1. The second kappa shape index (κ2) is 6.97. The summed E-state index contributed by atoms with van der Waals surface area (Å²) in [4.78, 5) is 6.66. The summed E-state index contributed by atoms with van der Waals surface area (Å²) < 4.78 is 29.9. The van der Waals surface area contributed by atoms with Crippen LogP contribution in [0.3, 0.4) is 0 Å². The lowest BCUT2D eigenvalue weighted by Crippen LogP contribution is -2.29. The van der Waals surface area contributed by atoms with E-state index < -0.39 is 9.84 Å². The van der Waals surface area contributed by atoms with Crippen LogP contribution in [0.25, 0.3) is 10.9 Å². The first-order valence-electron chi connectivity index (χ1n) is 8.46. The number of rotatable bonds is 4. The number of nitrogens with zero attached hydrogens (tertiary/aromatic N) is 2. The van der Waals surface area contributed by atoms with E-state index in [4.69, 9.17) is 4.74 Å². The quantitative estimate of drug-likeness (QED) is 0.850. The Morgan fingerprint density at radius 2 is 2.17 bits per heavy atom. The van der Waals surface area contributed by atoms with Gasteiger partial charge < -0.3 is 9.64 Å². The Kier molecular flexibility index (Phi) is 4.94. The van der Waals surface area contributed by atoms with E-state index in [9.17, 15) is 8.42 Å². The lowest BCUT2D eigenvalue weighted by molar-refractivity contribution is 0.320. The second-order valence-electron chi connectivity index (χ2n) is 6.50. The van der Waals surface area contributed by atoms with Crippen LogP contribution in [0.4, 0.5) is 5.69 Å². The van der Waals surface area contributed by atoms with Gasteiger partial charge in [0, 0.05) is 30.4 Å². The van der Waals surface area contributed by atoms with Crippen LogP contribution in [0, 0.1) is 5.92 Å². The van der Waals surface area contributed by atoms with Crippen LogP contribution in [-0.4, -0.2) is 44.6 Å². The number of hydrogen-bond acceptors (Lipinski definition) is 5. The SMILES string of the molecule is CCCOc1cccc2c(N3CCS(=O)(=O)C[C@H](C)C3)ccnc12. The van der Waals surface area contributed by atoms with Crippen molar-refractivity contribution in [2.45, 2.75) is 20.3 Å². The van der Waals surface area contributed by atoms with Crippen LogP contribution in [0.1, 0.15) is 20.3 Å². The van der Waals surface area contributed by atoms with Gasteiger partial charge in [0.1, 0.15) is 11.3 Å². The van der Waals surface area contributed by atoms with Crippen LogP contribution in [0.15, 0.2) is 30.5 Å². The van der Waals surface area contributed by atoms with Gasteiger partial charge in [-0.15, -0.1) is 0 Å². The molecule has 2 aromatic rings. The number of pyridine rings is 1. The van der Waals surface area contributed by atoms with Crippen molar-refractivity contribution in [2.24, 2.45) is 5.92 Å². The van der Waals surface area contributed by atoms with E-state index >= 15 is 0 Å². The van der Waals surface area contributed by atoms with Crippen molar-refractivity contribution >= 4 is 26.4 Å². The molecule has 0 N–H and O–H groups in total. The molecule has 24 heavy (non-hydrogen) atoms. The molecule has 3 rings (SSSR count). The topological polar surface area (TPSA) is 59.5 Å². The van der Waals surface area contributed by atoms with E-state index in [1.165, 1.54) is 0 Å². The fourth-order valence-corrected chi connectivity index (χ4v) is 4.88. The number of anilines is 1. The summed E-state index contributed by atoms with van der Waals surface area (Å²) >= 11 is 0. The number of fused-ring (bicyclic) bond motifs is 1. The third-order valence-corrected chi connectivity index (χ3v) is 6.14. The number of sulfone groups is 1. The maximum Gasteiger partial charge on any atom is 0.152 e. The van der Waals surface area contributed by atoms with Crippen molar-refractivity contribution in [1.82, 2.24) is 4.98 Å². The Morgan fingerprint density at radius 1 is 1.33 bits per heavy atom. The van der Waals surface area contributed by atoms with E-state index in [1.807, 2.05) is 31.2 Å². The van der Waals surface area contributed by atoms with E-state index in [2.05, 4.69) is 16.8 Å². The Bertz CT molecular complexity index is 820. The number of hydrogen-bond donors (Lipinski definition) is 0. The Labute approximate surface area is 143 Å². The van der Waals surface area contributed by atoms with Gasteiger partial charge in [0.2, 0.25) is 0 Å². The fraction of sp³-hybridized carbons (Fsp3) is 0.500. The van der Waals surface area contributed by atoms with Crippen LogP contribution < -0.4 is 9.64 Å². The summed E-state index contributed by atoms with van der Waals surface area (Å²) in [5.41, 5.74) is 1.87. The highest BCUT2D eigenvalue weighted by Crippen LogP contribution is 2.32. The van der Waals surface area contributed by atoms with Gasteiger partial charge in [-0.1, -0.05) is 26.0 Å². The summed E-state index contributed by atoms with van der Waals surface area (Å²) in [5, 5.41) is 1.01. The molecular weight excluding hydrogens is 324 g/mol. The average molecular weight is 348 g/mol. The monoisotopic (exact) mass is 348 g/mol. The van der Waals surface area contributed by atoms with Crippen LogP contribution in [0.5, 0.6) is 5.75 Å². The van der Waals surface area contributed by atoms with Crippen molar-refractivity contribution < 1.29 is 13.2 Å². The first kappa shape index (κ1) is 17.0. The highest BCUT2D eigenvalue weighted by Gasteiger charge is 2.25. The predicted octanol–water partition coefficient (Wildman–Crippen LogP) is 2.89. The van der Waals surface area contributed by atoms with E-state index in [0.29, 0.717) is 13.2 Å². The summed E-state index contributed by atoms with van der Waals surface area (Å²) in [6, 6.07) is 7.90. The molecular formula is C18H24N2O3S. The standard InChI is InChI=1S/C18H24N2O3S/c1-3-10-23-17-6-4-5-15-16(7-8-19-18(15)17)20-9-11-24(21,22)13-14(2)12-20/h4-8,14H,3,9-13H2,1-2H3/t14-/m1/s1. The third-order valence-electron chi connectivity index (χ3n) is 4.26. The Morgan fingerprint density at radius 3 is 2.96 bits per heavy atom. The Hall–Kier alpha value is -1.82. The van der Waals surface area contributed by atoms with Gasteiger partial charge in [-0.25, -0.2) is 8.42 Å². The summed E-state index contributed by atoms with van der Waals surface area (Å²) in [6.07, 6.45) is 2.72. The summed E-state index contributed by atoms with van der Waals surface area (Å²) in [7, 11) is -2.96. The molecule has 1 atom stereocenters. The highest BCUT2D eigenvalue weighted by atomic mass is 32.2. The van der Waals surface area contributed by atoms with Gasteiger partial charge in [-0.3, -0.25) is 4.98 Å². The van der Waals surface area contributed by atoms with Crippen LogP contribution in [-0.2, 0) is 9.84 Å². The molecule has 2 heterocycles. The van der Waals surface area contributed by atoms with Gasteiger partial charge in [0.05, 0.1) is 18.1 Å². The normalized spacial score (nSPS) is 20.8. The van der Waals surface area contributed by atoms with E-state index in [-0.39, 0.29) is 17.4 Å². The van der Waals surface area contributed by atoms with Crippen LogP contribution >= 0.6 is 0 Å². The molecule has 0 saturated carbocycles. The molecule has 1 aliphatic rings. The molecule has 1 aromatic heterocycles. The third kappa shape index (κ3) is 3.64. The van der Waals surface area contributed by atoms with Crippen molar-refractivity contribution in [2.75, 3.05) is 36.1 Å². The molecule has 1 aromatic carbocycles. The number of ether oxygens (including phenoxy) is 1. The Balaban J connectivity index is 2.00. The zero-order valence-electron chi connectivity index (χ0n) is 14.2. The zero-order chi connectivity index (χ0) is 17.2. The molecule has 5 nitrogen and oxygen atoms in total. The maximum absolute atomic E-state index is 12.0. The van der Waals surface area contributed by atoms with Crippen molar-refractivity contribution in [3.8, 4) is 5.75 Å². The lowest BCUT2D eigenvalue weighted by atomic mass is 10.1. The number of aromatic nitrogens is 1. The van der Waals surface area contributed by atoms with Crippen molar-refractivity contribution in [3.63, 3.8) is 0 Å².